The van der Waals surface area contributed by atoms with E-state index in [1.54, 1.807) is 0 Å². The number of nitrogens with one attached hydrogen (secondary N) is 1. The maximum atomic E-state index is 12.3. The number of nitrogens with two attached hydrogens (primary N) is 1. The Morgan fingerprint density at radius 1 is 1.48 bits per heavy atom. The second kappa shape index (κ2) is 6.91. The maximum Gasteiger partial charge on any atom is 0.237 e. The molecule has 21 heavy (non-hydrogen) atoms. The van der Waals surface area contributed by atoms with Gasteiger partial charge in [-0.15, -0.1) is 10.2 Å². The summed E-state index contributed by atoms with van der Waals surface area (Å²) in [6.45, 7) is 5.92. The lowest BCUT2D eigenvalue weighted by molar-refractivity contribution is -0.115. The van der Waals surface area contributed by atoms with Gasteiger partial charge in [0.25, 0.3) is 0 Å². The zero-order chi connectivity index (χ0) is 15.4. The van der Waals surface area contributed by atoms with Crippen LogP contribution in [0, 0.1) is 6.92 Å². The van der Waals surface area contributed by atoms with Crippen LogP contribution in [0.15, 0.2) is 22.5 Å². The molecule has 0 spiro atoms. The predicted octanol–water partition coefficient (Wildman–Crippen LogP) is 3.11. The molecule has 0 unspecified atom stereocenters. The van der Waals surface area contributed by atoms with Crippen molar-refractivity contribution in [1.82, 2.24) is 10.2 Å². The molecular weight excluding hydrogens is 304 g/mol. The first kappa shape index (κ1) is 15.8. The molecule has 2 aromatic rings. The molecule has 0 fully saturated rings. The highest BCUT2D eigenvalue weighted by atomic mass is 32.2. The largest absolute Gasteiger partial charge is 0.374 e. The number of hydrogen-bond acceptors (Lipinski definition) is 6. The number of carbonyl (C=O) groups is 1. The van der Waals surface area contributed by atoms with Gasteiger partial charge >= 0.3 is 0 Å². The number of para-hydroxylation sites is 1. The summed E-state index contributed by atoms with van der Waals surface area (Å²) in [5, 5.41) is 10.8. The van der Waals surface area contributed by atoms with Crippen molar-refractivity contribution in [2.75, 3.05) is 11.1 Å². The minimum absolute atomic E-state index is 0.0437. The average molecular weight is 322 g/mol. The van der Waals surface area contributed by atoms with Crippen LogP contribution in [0.25, 0.3) is 0 Å². The minimum atomic E-state index is -0.262. The fraction of sp³-hybridized carbons (Fsp3) is 0.357. The van der Waals surface area contributed by atoms with Crippen LogP contribution in [0.5, 0.6) is 0 Å². The maximum absolute atomic E-state index is 12.3. The van der Waals surface area contributed by atoms with Crippen molar-refractivity contribution in [1.29, 1.82) is 0 Å². The van der Waals surface area contributed by atoms with Gasteiger partial charge in [0.1, 0.15) is 0 Å². The molecule has 5 nitrogen and oxygen atoms in total. The van der Waals surface area contributed by atoms with Gasteiger partial charge in [0.2, 0.25) is 11.0 Å². The van der Waals surface area contributed by atoms with Crippen molar-refractivity contribution in [3.63, 3.8) is 0 Å². The number of nitrogen functional groups attached to an aromatic ring is 1. The van der Waals surface area contributed by atoms with Crippen molar-refractivity contribution in [3.05, 3.63) is 29.3 Å². The molecule has 1 aromatic heterocycles. The van der Waals surface area contributed by atoms with E-state index < -0.39 is 0 Å². The quantitative estimate of drug-likeness (QED) is 0.827. The Balaban J connectivity index is 2.07. The fourth-order valence-corrected chi connectivity index (χ4v) is 3.68. The SMILES string of the molecule is CCc1cccc(C)c1NC(=O)[C@@H](C)Sc1nnc(N)s1. The zero-order valence-electron chi connectivity index (χ0n) is 12.2. The number of hydrogen-bond donors (Lipinski definition) is 2. The van der Waals surface area contributed by atoms with Gasteiger partial charge in [0.15, 0.2) is 4.34 Å². The number of thioether (sulfide) groups is 1. The van der Waals surface area contributed by atoms with Crippen LogP contribution in [0.3, 0.4) is 0 Å². The van der Waals surface area contributed by atoms with E-state index in [9.17, 15) is 4.79 Å². The van der Waals surface area contributed by atoms with E-state index in [0.717, 1.165) is 23.2 Å². The highest BCUT2D eigenvalue weighted by Gasteiger charge is 2.18. The van der Waals surface area contributed by atoms with Gasteiger partial charge in [-0.1, -0.05) is 48.2 Å². The number of nitrogens with zero attached hydrogens (tertiary/aromatic N) is 2. The molecule has 0 aliphatic rings. The average Bonchev–Trinajstić information content (AvgIpc) is 2.86. The van der Waals surface area contributed by atoms with Crippen LogP contribution in [-0.2, 0) is 11.2 Å². The number of aromatic nitrogens is 2. The van der Waals surface area contributed by atoms with Crippen LogP contribution in [-0.4, -0.2) is 21.4 Å². The molecule has 1 amide bonds. The highest BCUT2D eigenvalue weighted by molar-refractivity contribution is 8.02. The van der Waals surface area contributed by atoms with Gasteiger partial charge in [-0.2, -0.15) is 0 Å². The van der Waals surface area contributed by atoms with Gasteiger partial charge in [-0.25, -0.2) is 0 Å². The Morgan fingerprint density at radius 2 is 2.24 bits per heavy atom. The zero-order valence-corrected chi connectivity index (χ0v) is 13.8. The highest BCUT2D eigenvalue weighted by Crippen LogP contribution is 2.29. The molecule has 0 radical (unpaired) electrons. The van der Waals surface area contributed by atoms with E-state index in [4.69, 9.17) is 5.73 Å². The number of anilines is 2. The lowest BCUT2D eigenvalue weighted by Crippen LogP contribution is -2.23. The van der Waals surface area contributed by atoms with E-state index >= 15 is 0 Å². The Kier molecular flexibility index (Phi) is 5.19. The Bertz CT molecular complexity index is 642. The standard InChI is InChI=1S/C14H18N4OS2/c1-4-10-7-5-6-8(2)11(10)16-12(19)9(3)20-14-18-17-13(15)21-14/h5-7,9H,4H2,1-3H3,(H2,15,17)(H,16,19)/t9-/m1/s1. The summed E-state index contributed by atoms with van der Waals surface area (Å²) in [7, 11) is 0. The number of benzene rings is 1. The first-order valence-corrected chi connectivity index (χ1v) is 8.35. The normalized spacial score (nSPS) is 12.1. The van der Waals surface area contributed by atoms with Crippen molar-refractivity contribution >= 4 is 39.8 Å². The first-order chi connectivity index (χ1) is 10.0. The third-order valence-electron chi connectivity index (χ3n) is 3.06. The van der Waals surface area contributed by atoms with Crippen LogP contribution < -0.4 is 11.1 Å². The molecule has 3 N–H and O–H groups in total. The summed E-state index contributed by atoms with van der Waals surface area (Å²) in [5.41, 5.74) is 8.66. The number of rotatable bonds is 5. The summed E-state index contributed by atoms with van der Waals surface area (Å²) in [6, 6.07) is 6.04. The molecule has 0 saturated heterocycles. The summed E-state index contributed by atoms with van der Waals surface area (Å²) in [4.78, 5) is 12.3. The Hall–Kier alpha value is -1.60. The molecule has 0 aliphatic carbocycles. The Labute approximate surface area is 132 Å². The molecule has 112 valence electrons. The molecule has 0 aliphatic heterocycles. The number of carbonyl (C=O) groups excluding carboxylic acids is 1. The van der Waals surface area contributed by atoms with Gasteiger partial charge in [-0.3, -0.25) is 4.79 Å². The van der Waals surface area contributed by atoms with Crippen molar-refractivity contribution in [2.24, 2.45) is 0 Å². The molecule has 1 atom stereocenters. The smallest absolute Gasteiger partial charge is 0.237 e. The third-order valence-corrected chi connectivity index (χ3v) is 4.99. The van der Waals surface area contributed by atoms with E-state index in [1.807, 2.05) is 32.0 Å². The van der Waals surface area contributed by atoms with E-state index in [0.29, 0.717) is 9.47 Å². The summed E-state index contributed by atoms with van der Waals surface area (Å²) in [6.07, 6.45) is 0.881. The van der Waals surface area contributed by atoms with Crippen LogP contribution in [0.4, 0.5) is 10.8 Å². The molecule has 1 heterocycles. The van der Waals surface area contributed by atoms with Crippen LogP contribution in [0.2, 0.25) is 0 Å². The number of amides is 1. The Morgan fingerprint density at radius 3 is 2.86 bits per heavy atom. The molecule has 1 aromatic carbocycles. The van der Waals surface area contributed by atoms with Crippen molar-refractivity contribution in [2.45, 2.75) is 36.8 Å². The van der Waals surface area contributed by atoms with E-state index in [1.165, 1.54) is 23.1 Å². The third kappa shape index (κ3) is 3.95. The predicted molar refractivity (Wildman–Crippen MR) is 88.8 cm³/mol. The monoisotopic (exact) mass is 322 g/mol. The van der Waals surface area contributed by atoms with E-state index in [2.05, 4.69) is 22.4 Å². The lowest BCUT2D eigenvalue weighted by atomic mass is 10.1. The minimum Gasteiger partial charge on any atom is -0.374 e. The fourth-order valence-electron chi connectivity index (χ4n) is 1.90. The first-order valence-electron chi connectivity index (χ1n) is 6.66. The molecule has 7 heteroatoms. The van der Waals surface area contributed by atoms with E-state index in [-0.39, 0.29) is 11.2 Å². The van der Waals surface area contributed by atoms with Crippen LogP contribution in [0.1, 0.15) is 25.0 Å². The molecule has 2 rings (SSSR count). The second-order valence-electron chi connectivity index (χ2n) is 4.62. The van der Waals surface area contributed by atoms with Gasteiger partial charge < -0.3 is 11.1 Å². The van der Waals surface area contributed by atoms with Gasteiger partial charge in [-0.05, 0) is 31.4 Å². The lowest BCUT2D eigenvalue weighted by Gasteiger charge is -2.15. The number of aryl methyl sites for hydroxylation is 2. The van der Waals surface area contributed by atoms with Gasteiger partial charge in [0.05, 0.1) is 5.25 Å². The van der Waals surface area contributed by atoms with Crippen molar-refractivity contribution in [3.8, 4) is 0 Å². The summed E-state index contributed by atoms with van der Waals surface area (Å²) < 4.78 is 0.704. The van der Waals surface area contributed by atoms with Crippen LogP contribution >= 0.6 is 23.1 Å². The molecular formula is C14H18N4OS2. The summed E-state index contributed by atoms with van der Waals surface area (Å²) in [5.74, 6) is -0.0437. The molecule has 0 bridgehead atoms. The second-order valence-corrected chi connectivity index (χ2v) is 7.22. The van der Waals surface area contributed by atoms with Gasteiger partial charge in [0, 0.05) is 5.69 Å². The molecule has 0 saturated carbocycles. The summed E-state index contributed by atoms with van der Waals surface area (Å²) >= 11 is 2.65. The topological polar surface area (TPSA) is 80.9 Å². The van der Waals surface area contributed by atoms with Crippen molar-refractivity contribution < 1.29 is 4.79 Å².